The molecule has 5 nitrogen and oxygen atoms in total. The Balaban J connectivity index is 1.33. The van der Waals surface area contributed by atoms with Crippen molar-refractivity contribution in [1.82, 2.24) is 4.98 Å². The molecular formula is C22H25N3O2. The van der Waals surface area contributed by atoms with E-state index in [-0.39, 0.29) is 5.91 Å². The molecule has 3 aliphatic rings. The predicted octanol–water partition coefficient (Wildman–Crippen LogP) is 3.67. The van der Waals surface area contributed by atoms with Crippen LogP contribution in [0.25, 0.3) is 0 Å². The minimum atomic E-state index is -0.421. The molecule has 1 saturated carbocycles. The standard InChI is InChI=1S/C22H25N3O2/c1-15-4-7-17(13-19(15)27-14-16-5-6-16)25-11-8-22(9-12-25)18-3-2-10-23-20(18)24-21(22)26/h2-4,7,10,13,16H,5-6,8-9,11-12,14H2,1H3,(H,23,24,26). The third-order valence-corrected chi connectivity index (χ3v) is 6.32. The van der Waals surface area contributed by atoms with Gasteiger partial charge >= 0.3 is 0 Å². The number of carbonyl (C=O) groups excluding carboxylic acids is 1. The Morgan fingerprint density at radius 2 is 2.07 bits per heavy atom. The summed E-state index contributed by atoms with van der Waals surface area (Å²) in [6.07, 6.45) is 5.95. The maximum absolute atomic E-state index is 12.7. The van der Waals surface area contributed by atoms with Gasteiger partial charge in [-0.25, -0.2) is 4.98 Å². The summed E-state index contributed by atoms with van der Waals surface area (Å²) in [5.74, 6) is 2.58. The fourth-order valence-corrected chi connectivity index (χ4v) is 4.32. The van der Waals surface area contributed by atoms with Crippen molar-refractivity contribution < 1.29 is 9.53 Å². The number of ether oxygens (including phenoxy) is 1. The zero-order valence-electron chi connectivity index (χ0n) is 15.7. The number of rotatable bonds is 4. The lowest BCUT2D eigenvalue weighted by Crippen LogP contribution is -2.46. The molecule has 1 aliphatic carbocycles. The highest BCUT2D eigenvalue weighted by molar-refractivity contribution is 6.05. The summed E-state index contributed by atoms with van der Waals surface area (Å²) in [5.41, 5.74) is 3.01. The fraction of sp³-hybridized carbons (Fsp3) is 0.455. The number of carbonyl (C=O) groups is 1. The topological polar surface area (TPSA) is 54.5 Å². The lowest BCUT2D eigenvalue weighted by atomic mass is 9.74. The molecule has 2 aliphatic heterocycles. The van der Waals surface area contributed by atoms with Gasteiger partial charge in [0, 0.05) is 36.6 Å². The van der Waals surface area contributed by atoms with Crippen molar-refractivity contribution in [3.63, 3.8) is 0 Å². The van der Waals surface area contributed by atoms with E-state index in [0.717, 1.165) is 55.6 Å². The molecule has 0 unspecified atom stereocenters. The zero-order chi connectivity index (χ0) is 18.4. The number of anilines is 2. The number of pyridine rings is 1. The van der Waals surface area contributed by atoms with Crippen LogP contribution < -0.4 is 15.0 Å². The van der Waals surface area contributed by atoms with E-state index in [9.17, 15) is 4.79 Å². The lowest BCUT2D eigenvalue weighted by molar-refractivity contribution is -0.121. The zero-order valence-corrected chi connectivity index (χ0v) is 15.7. The highest BCUT2D eigenvalue weighted by atomic mass is 16.5. The number of aryl methyl sites for hydroxylation is 1. The van der Waals surface area contributed by atoms with E-state index >= 15 is 0 Å². The summed E-state index contributed by atoms with van der Waals surface area (Å²) in [6, 6.07) is 10.5. The van der Waals surface area contributed by atoms with Gasteiger partial charge in [0.05, 0.1) is 12.0 Å². The van der Waals surface area contributed by atoms with Gasteiger partial charge in [-0.1, -0.05) is 12.1 Å². The molecule has 0 radical (unpaired) electrons. The van der Waals surface area contributed by atoms with Crippen LogP contribution in [0.2, 0.25) is 0 Å². The SMILES string of the molecule is Cc1ccc(N2CCC3(CC2)C(=O)Nc2ncccc23)cc1OCC1CC1. The van der Waals surface area contributed by atoms with Gasteiger partial charge in [0.25, 0.3) is 0 Å². The Labute approximate surface area is 159 Å². The number of nitrogens with zero attached hydrogens (tertiary/aromatic N) is 2. The van der Waals surface area contributed by atoms with Crippen molar-refractivity contribution in [1.29, 1.82) is 0 Å². The Kier molecular flexibility index (Phi) is 3.85. The van der Waals surface area contributed by atoms with Crippen molar-refractivity contribution in [3.05, 3.63) is 47.7 Å². The summed E-state index contributed by atoms with van der Waals surface area (Å²) >= 11 is 0. The second-order valence-electron chi connectivity index (χ2n) is 8.13. The molecule has 1 saturated heterocycles. The molecular weight excluding hydrogens is 338 g/mol. The summed E-state index contributed by atoms with van der Waals surface area (Å²) < 4.78 is 6.05. The van der Waals surface area contributed by atoms with Gasteiger partial charge in [0.1, 0.15) is 11.6 Å². The van der Waals surface area contributed by atoms with Crippen molar-refractivity contribution in [2.75, 3.05) is 29.9 Å². The Hall–Kier alpha value is -2.56. The number of amides is 1. The molecule has 5 heteroatoms. The van der Waals surface area contributed by atoms with Crippen LogP contribution in [0.1, 0.15) is 36.8 Å². The highest BCUT2D eigenvalue weighted by Gasteiger charge is 2.49. The first-order chi connectivity index (χ1) is 13.2. The van der Waals surface area contributed by atoms with Crippen molar-refractivity contribution in [2.24, 2.45) is 5.92 Å². The normalized spacial score (nSPS) is 20.5. The second kappa shape index (κ2) is 6.25. The van der Waals surface area contributed by atoms with E-state index in [0.29, 0.717) is 0 Å². The molecule has 2 aromatic rings. The van der Waals surface area contributed by atoms with E-state index in [1.165, 1.54) is 24.1 Å². The van der Waals surface area contributed by atoms with Crippen LogP contribution in [0.15, 0.2) is 36.5 Å². The molecule has 5 rings (SSSR count). The van der Waals surface area contributed by atoms with Crippen LogP contribution in [0.4, 0.5) is 11.5 Å². The van der Waals surface area contributed by atoms with E-state index in [2.05, 4.69) is 40.3 Å². The number of fused-ring (bicyclic) bond motifs is 2. The summed E-state index contributed by atoms with van der Waals surface area (Å²) in [7, 11) is 0. The van der Waals surface area contributed by atoms with E-state index in [1.54, 1.807) is 6.20 Å². The van der Waals surface area contributed by atoms with Gasteiger partial charge in [-0.2, -0.15) is 0 Å². The Morgan fingerprint density at radius 1 is 1.26 bits per heavy atom. The quantitative estimate of drug-likeness (QED) is 0.901. The summed E-state index contributed by atoms with van der Waals surface area (Å²) in [4.78, 5) is 19.4. The smallest absolute Gasteiger partial charge is 0.236 e. The molecule has 1 amide bonds. The summed E-state index contributed by atoms with van der Waals surface area (Å²) in [5, 5.41) is 2.97. The summed E-state index contributed by atoms with van der Waals surface area (Å²) in [6.45, 7) is 4.64. The van der Waals surface area contributed by atoms with Crippen LogP contribution >= 0.6 is 0 Å². The molecule has 0 atom stereocenters. The monoisotopic (exact) mass is 363 g/mol. The molecule has 1 spiro atoms. The van der Waals surface area contributed by atoms with Crippen LogP contribution in [0, 0.1) is 12.8 Å². The first-order valence-corrected chi connectivity index (χ1v) is 9.91. The molecule has 3 heterocycles. The molecule has 1 N–H and O–H groups in total. The lowest BCUT2D eigenvalue weighted by Gasteiger charge is -2.39. The first-order valence-electron chi connectivity index (χ1n) is 9.91. The van der Waals surface area contributed by atoms with Crippen LogP contribution in [0.3, 0.4) is 0 Å². The van der Waals surface area contributed by atoms with Crippen molar-refractivity contribution >= 4 is 17.4 Å². The first kappa shape index (κ1) is 16.6. The van der Waals surface area contributed by atoms with E-state index < -0.39 is 5.41 Å². The van der Waals surface area contributed by atoms with Gasteiger partial charge < -0.3 is 15.0 Å². The van der Waals surface area contributed by atoms with Gasteiger partial charge in [0.2, 0.25) is 5.91 Å². The number of hydrogen-bond donors (Lipinski definition) is 1. The van der Waals surface area contributed by atoms with Gasteiger partial charge in [0.15, 0.2) is 0 Å². The fourth-order valence-electron chi connectivity index (χ4n) is 4.32. The maximum Gasteiger partial charge on any atom is 0.236 e. The number of nitrogens with one attached hydrogen (secondary N) is 1. The van der Waals surface area contributed by atoms with Gasteiger partial charge in [-0.15, -0.1) is 0 Å². The molecule has 140 valence electrons. The molecule has 0 bridgehead atoms. The Morgan fingerprint density at radius 3 is 2.85 bits per heavy atom. The van der Waals surface area contributed by atoms with Crippen molar-refractivity contribution in [2.45, 2.75) is 38.0 Å². The Bertz CT molecular complexity index is 883. The van der Waals surface area contributed by atoms with E-state index in [1.807, 2.05) is 12.1 Å². The molecule has 27 heavy (non-hydrogen) atoms. The number of piperidine rings is 1. The third-order valence-electron chi connectivity index (χ3n) is 6.32. The largest absolute Gasteiger partial charge is 0.493 e. The van der Waals surface area contributed by atoms with Gasteiger partial charge in [-0.3, -0.25) is 4.79 Å². The maximum atomic E-state index is 12.7. The van der Waals surface area contributed by atoms with Crippen LogP contribution in [-0.2, 0) is 10.2 Å². The molecule has 1 aromatic heterocycles. The average molecular weight is 363 g/mol. The van der Waals surface area contributed by atoms with E-state index in [4.69, 9.17) is 4.74 Å². The third kappa shape index (κ3) is 2.85. The minimum absolute atomic E-state index is 0.105. The average Bonchev–Trinajstić information content (AvgIpc) is 3.48. The predicted molar refractivity (Wildman–Crippen MR) is 105 cm³/mol. The van der Waals surface area contributed by atoms with Crippen LogP contribution in [0.5, 0.6) is 5.75 Å². The molecule has 1 aromatic carbocycles. The number of aromatic nitrogens is 1. The minimum Gasteiger partial charge on any atom is -0.493 e. The van der Waals surface area contributed by atoms with Gasteiger partial charge in [-0.05, 0) is 56.2 Å². The molecule has 2 fully saturated rings. The van der Waals surface area contributed by atoms with Crippen LogP contribution in [-0.4, -0.2) is 30.6 Å². The highest BCUT2D eigenvalue weighted by Crippen LogP contribution is 2.44. The number of benzene rings is 1. The van der Waals surface area contributed by atoms with Crippen molar-refractivity contribution in [3.8, 4) is 5.75 Å². The number of hydrogen-bond acceptors (Lipinski definition) is 4. The second-order valence-corrected chi connectivity index (χ2v) is 8.13.